The molecule has 0 aliphatic rings. The van der Waals surface area contributed by atoms with Crippen molar-refractivity contribution in [3.63, 3.8) is 0 Å². The molecule has 0 aromatic heterocycles. The molecule has 12 heavy (non-hydrogen) atoms. The van der Waals surface area contributed by atoms with Gasteiger partial charge in [-0.3, -0.25) is 5.11 Å². The Morgan fingerprint density at radius 2 is 1.92 bits per heavy atom. The van der Waals surface area contributed by atoms with Crippen LogP contribution in [0.25, 0.3) is 0 Å². The molecular formula is C8H7O4. The summed E-state index contributed by atoms with van der Waals surface area (Å²) in [6.45, 7) is -0.391. The zero-order valence-electron chi connectivity index (χ0n) is 6.19. The molecule has 0 bridgehead atoms. The van der Waals surface area contributed by atoms with E-state index >= 15 is 0 Å². The van der Waals surface area contributed by atoms with E-state index in [2.05, 4.69) is 0 Å². The normalized spacial score (nSPS) is 9.33. The third-order valence-corrected chi connectivity index (χ3v) is 1.19. The molecule has 1 rings (SSSR count). The molecule has 0 aliphatic heterocycles. The molecule has 0 amide bonds. The summed E-state index contributed by atoms with van der Waals surface area (Å²) in [5.41, 5.74) is 0. The van der Waals surface area contributed by atoms with Crippen molar-refractivity contribution < 1.29 is 19.7 Å². The molecule has 1 N–H and O–H groups in total. The van der Waals surface area contributed by atoms with Gasteiger partial charge in [0.05, 0.1) is 0 Å². The summed E-state index contributed by atoms with van der Waals surface area (Å²) in [5, 5.41) is 18.8. The number of ether oxygens (including phenoxy) is 1. The number of aliphatic carboxylic acids is 1. The van der Waals surface area contributed by atoms with Gasteiger partial charge in [-0.1, -0.05) is 0 Å². The first-order chi connectivity index (χ1) is 5.68. The standard InChI is InChI=1S/C8H7O4/c9-6-1-3-7(4-2-6)12-5-8(10)11/h1-4H,5H2,(H,10,11). The Labute approximate surface area is 69.0 Å². The first-order valence-corrected chi connectivity index (χ1v) is 3.30. The second-order valence-corrected chi connectivity index (χ2v) is 2.15. The van der Waals surface area contributed by atoms with Crippen molar-refractivity contribution >= 4 is 5.97 Å². The molecule has 0 fully saturated rings. The predicted molar refractivity (Wildman–Crippen MR) is 39.7 cm³/mol. The molecular weight excluding hydrogens is 160 g/mol. The summed E-state index contributed by atoms with van der Waals surface area (Å²) in [7, 11) is 0. The highest BCUT2D eigenvalue weighted by atomic mass is 16.5. The van der Waals surface area contributed by atoms with Crippen molar-refractivity contribution in [1.29, 1.82) is 0 Å². The molecule has 4 heteroatoms. The van der Waals surface area contributed by atoms with E-state index in [9.17, 15) is 9.90 Å². The van der Waals surface area contributed by atoms with Crippen LogP contribution in [0.3, 0.4) is 0 Å². The molecule has 0 aliphatic carbocycles. The second kappa shape index (κ2) is 3.61. The maximum atomic E-state index is 10.6. The summed E-state index contributed by atoms with van der Waals surface area (Å²) in [4.78, 5) is 10.1. The van der Waals surface area contributed by atoms with E-state index in [1.807, 2.05) is 0 Å². The molecule has 0 saturated carbocycles. The van der Waals surface area contributed by atoms with Crippen molar-refractivity contribution in [2.24, 2.45) is 0 Å². The summed E-state index contributed by atoms with van der Waals surface area (Å²) in [6.07, 6.45) is 0. The summed E-state index contributed by atoms with van der Waals surface area (Å²) < 4.78 is 4.78. The van der Waals surface area contributed by atoms with Gasteiger partial charge in [-0.05, 0) is 24.3 Å². The zero-order valence-corrected chi connectivity index (χ0v) is 6.19. The lowest BCUT2D eigenvalue weighted by Gasteiger charge is -2.00. The van der Waals surface area contributed by atoms with Gasteiger partial charge in [-0.2, -0.15) is 0 Å². The molecule has 0 saturated heterocycles. The van der Waals surface area contributed by atoms with Gasteiger partial charge in [-0.25, -0.2) is 4.79 Å². The summed E-state index contributed by atoms with van der Waals surface area (Å²) in [5.74, 6) is -0.782. The van der Waals surface area contributed by atoms with Crippen LogP contribution < -0.4 is 4.74 Å². The summed E-state index contributed by atoms with van der Waals surface area (Å²) >= 11 is 0. The minimum Gasteiger partial charge on any atom is -0.482 e. The van der Waals surface area contributed by atoms with Crippen LogP contribution in [0.5, 0.6) is 11.5 Å². The number of carbonyl (C=O) groups is 1. The van der Waals surface area contributed by atoms with Gasteiger partial charge < -0.3 is 9.84 Å². The largest absolute Gasteiger partial charge is 0.482 e. The molecule has 0 unspecified atom stereocenters. The zero-order chi connectivity index (χ0) is 8.97. The molecule has 63 valence electrons. The van der Waals surface area contributed by atoms with Gasteiger partial charge in [0.2, 0.25) is 0 Å². The smallest absolute Gasteiger partial charge is 0.341 e. The number of carboxylic acid groups (broad SMARTS) is 1. The van der Waals surface area contributed by atoms with Gasteiger partial charge in [0, 0.05) is 0 Å². The number of benzene rings is 1. The fraction of sp³-hybridized carbons (Fsp3) is 0.125. The van der Waals surface area contributed by atoms with E-state index in [0.717, 1.165) is 0 Å². The molecule has 1 radical (unpaired) electrons. The predicted octanol–water partition coefficient (Wildman–Crippen LogP) is 1.29. The Hall–Kier alpha value is -1.71. The first-order valence-electron chi connectivity index (χ1n) is 3.30. The molecule has 1 aromatic rings. The SMILES string of the molecule is [O]c1ccc(OCC(=O)O)cc1. The number of hydrogen-bond acceptors (Lipinski definition) is 2. The lowest BCUT2D eigenvalue weighted by molar-refractivity contribution is -0.139. The minimum absolute atomic E-state index is 0.127. The van der Waals surface area contributed by atoms with Crippen molar-refractivity contribution in [3.05, 3.63) is 24.3 Å². The Bertz CT molecular complexity index is 265. The average Bonchev–Trinajstić information content (AvgIpc) is 2.03. The van der Waals surface area contributed by atoms with E-state index in [1.165, 1.54) is 24.3 Å². The van der Waals surface area contributed by atoms with E-state index in [-0.39, 0.29) is 5.75 Å². The van der Waals surface area contributed by atoms with Gasteiger partial charge in [0.15, 0.2) is 12.4 Å². The second-order valence-electron chi connectivity index (χ2n) is 2.15. The first kappa shape index (κ1) is 8.39. The highest BCUT2D eigenvalue weighted by Gasteiger charge is 1.98. The van der Waals surface area contributed by atoms with Gasteiger partial charge in [0.25, 0.3) is 0 Å². The van der Waals surface area contributed by atoms with Gasteiger partial charge in [0.1, 0.15) is 5.75 Å². The minimum atomic E-state index is -1.04. The van der Waals surface area contributed by atoms with Crippen LogP contribution in [-0.4, -0.2) is 17.7 Å². The monoisotopic (exact) mass is 167 g/mol. The Morgan fingerprint density at radius 3 is 2.42 bits per heavy atom. The highest BCUT2D eigenvalue weighted by Crippen LogP contribution is 2.15. The molecule has 4 nitrogen and oxygen atoms in total. The van der Waals surface area contributed by atoms with Crippen LogP contribution in [0, 0.1) is 0 Å². The number of hydrogen-bond donors (Lipinski definition) is 1. The Balaban J connectivity index is 2.53. The van der Waals surface area contributed by atoms with Crippen molar-refractivity contribution in [2.45, 2.75) is 0 Å². The fourth-order valence-electron chi connectivity index (χ4n) is 0.681. The molecule has 0 heterocycles. The fourth-order valence-corrected chi connectivity index (χ4v) is 0.681. The lowest BCUT2D eigenvalue weighted by atomic mass is 10.3. The van der Waals surface area contributed by atoms with Crippen LogP contribution in [0.15, 0.2) is 24.3 Å². The van der Waals surface area contributed by atoms with Crippen molar-refractivity contribution in [2.75, 3.05) is 6.61 Å². The van der Waals surface area contributed by atoms with Crippen LogP contribution >= 0.6 is 0 Å². The van der Waals surface area contributed by atoms with E-state index in [1.54, 1.807) is 0 Å². The van der Waals surface area contributed by atoms with Gasteiger partial charge in [-0.15, -0.1) is 0 Å². The third-order valence-electron chi connectivity index (χ3n) is 1.19. The molecule has 1 aromatic carbocycles. The van der Waals surface area contributed by atoms with E-state index < -0.39 is 12.6 Å². The van der Waals surface area contributed by atoms with Crippen molar-refractivity contribution in [3.8, 4) is 11.5 Å². The quantitative estimate of drug-likeness (QED) is 0.737. The summed E-state index contributed by atoms with van der Waals surface area (Å²) in [6, 6.07) is 5.50. The Morgan fingerprint density at radius 1 is 1.33 bits per heavy atom. The Kier molecular flexibility index (Phi) is 2.53. The molecule has 0 atom stereocenters. The topological polar surface area (TPSA) is 66.4 Å². The number of carboxylic acids is 1. The van der Waals surface area contributed by atoms with Crippen LogP contribution in [0.2, 0.25) is 0 Å². The molecule has 0 spiro atoms. The maximum Gasteiger partial charge on any atom is 0.341 e. The van der Waals surface area contributed by atoms with Crippen LogP contribution in [0.1, 0.15) is 0 Å². The lowest BCUT2D eigenvalue weighted by Crippen LogP contribution is -2.09. The van der Waals surface area contributed by atoms with Crippen molar-refractivity contribution in [1.82, 2.24) is 0 Å². The maximum absolute atomic E-state index is 10.6. The average molecular weight is 167 g/mol. The number of rotatable bonds is 3. The van der Waals surface area contributed by atoms with E-state index in [4.69, 9.17) is 9.84 Å². The van der Waals surface area contributed by atoms with Crippen LogP contribution in [-0.2, 0) is 9.90 Å². The van der Waals surface area contributed by atoms with Crippen LogP contribution in [0.4, 0.5) is 0 Å². The highest BCUT2D eigenvalue weighted by molar-refractivity contribution is 5.68. The van der Waals surface area contributed by atoms with E-state index in [0.29, 0.717) is 5.75 Å². The third kappa shape index (κ3) is 2.49. The van der Waals surface area contributed by atoms with Gasteiger partial charge >= 0.3 is 5.97 Å².